The van der Waals surface area contributed by atoms with Gasteiger partial charge in [-0.2, -0.15) is 0 Å². The lowest BCUT2D eigenvalue weighted by Gasteiger charge is -2.26. The number of carbonyl (C=O) groups is 3. The van der Waals surface area contributed by atoms with Crippen molar-refractivity contribution in [2.45, 2.75) is 309 Å². The van der Waals surface area contributed by atoms with Gasteiger partial charge in [0.2, 0.25) is 0 Å². The Balaban J connectivity index is 4.18. The standard InChI is InChI=1S/C64H119NO8/c1-6-8-10-12-14-16-18-20-22-24-26-28-30-31-33-34-36-38-40-42-44-46-48-50-52-54-61(66)71-58-60(59-72-64(63(68)69)70-57-56-65(3,4)5)73-62(67)55-53-51-49-47-45-43-41-39-37-35-32-29-27-25-23-21-19-17-15-13-11-9-7-2/h19,21,24-27,60,64H,6-18,20,22-23,28-59H2,1-5H3/b21-19-,26-24-,27-25-. The second-order valence-electron chi connectivity index (χ2n) is 22.3. The second kappa shape index (κ2) is 55.7. The lowest BCUT2D eigenvalue weighted by molar-refractivity contribution is -0.870. The van der Waals surface area contributed by atoms with E-state index in [9.17, 15) is 19.5 Å². The molecule has 0 amide bonds. The Hall–Kier alpha value is -2.49. The van der Waals surface area contributed by atoms with Crippen molar-refractivity contribution < 1.29 is 42.9 Å². The van der Waals surface area contributed by atoms with E-state index in [-0.39, 0.29) is 32.2 Å². The molecule has 0 aromatic carbocycles. The molecule has 0 rings (SSSR count). The molecule has 0 aliphatic carbocycles. The quantitative estimate of drug-likeness (QED) is 0.0195. The molecule has 0 saturated heterocycles. The topological polar surface area (TPSA) is 111 Å². The van der Waals surface area contributed by atoms with Crippen LogP contribution < -0.4 is 5.11 Å². The second-order valence-corrected chi connectivity index (χ2v) is 22.3. The third-order valence-corrected chi connectivity index (χ3v) is 13.9. The number of carbonyl (C=O) groups excluding carboxylic acids is 3. The van der Waals surface area contributed by atoms with Crippen LogP contribution in [0.15, 0.2) is 36.5 Å². The van der Waals surface area contributed by atoms with E-state index in [1.54, 1.807) is 0 Å². The highest BCUT2D eigenvalue weighted by Crippen LogP contribution is 2.17. The van der Waals surface area contributed by atoms with Crippen LogP contribution in [-0.2, 0) is 33.3 Å². The number of hydrogen-bond acceptors (Lipinski definition) is 8. The zero-order valence-corrected chi connectivity index (χ0v) is 48.8. The largest absolute Gasteiger partial charge is 0.545 e. The molecule has 0 N–H and O–H groups in total. The van der Waals surface area contributed by atoms with Gasteiger partial charge in [-0.05, 0) is 70.6 Å². The highest BCUT2D eigenvalue weighted by atomic mass is 16.7. The van der Waals surface area contributed by atoms with Crippen molar-refractivity contribution >= 4 is 17.9 Å². The zero-order valence-electron chi connectivity index (χ0n) is 48.8. The van der Waals surface area contributed by atoms with Gasteiger partial charge in [-0.1, -0.05) is 249 Å². The summed E-state index contributed by atoms with van der Waals surface area (Å²) in [6.45, 7) is 4.78. The number of quaternary nitrogens is 1. The molecule has 0 aromatic heterocycles. The first-order chi connectivity index (χ1) is 35.6. The summed E-state index contributed by atoms with van der Waals surface area (Å²) in [6.07, 6.45) is 64.8. The minimum Gasteiger partial charge on any atom is -0.545 e. The van der Waals surface area contributed by atoms with Crippen LogP contribution in [0.4, 0.5) is 0 Å². The molecule has 0 bridgehead atoms. The molecule has 0 heterocycles. The van der Waals surface area contributed by atoms with Crippen LogP contribution in [-0.4, -0.2) is 82.3 Å². The number of rotatable bonds is 58. The molecule has 0 aromatic rings. The van der Waals surface area contributed by atoms with Crippen molar-refractivity contribution in [1.82, 2.24) is 0 Å². The summed E-state index contributed by atoms with van der Waals surface area (Å²) in [5.41, 5.74) is 0. The third-order valence-electron chi connectivity index (χ3n) is 13.9. The number of nitrogens with zero attached hydrogens (tertiary/aromatic N) is 1. The predicted molar refractivity (Wildman–Crippen MR) is 306 cm³/mol. The van der Waals surface area contributed by atoms with Gasteiger partial charge in [0, 0.05) is 12.8 Å². The molecular formula is C64H119NO8. The first-order valence-electron chi connectivity index (χ1n) is 31.1. The highest BCUT2D eigenvalue weighted by molar-refractivity contribution is 5.70. The zero-order chi connectivity index (χ0) is 53.4. The first-order valence-corrected chi connectivity index (χ1v) is 31.1. The summed E-state index contributed by atoms with van der Waals surface area (Å²) in [4.78, 5) is 37.4. The first kappa shape index (κ1) is 70.5. The number of esters is 2. The van der Waals surface area contributed by atoms with Gasteiger partial charge in [0.1, 0.15) is 13.2 Å². The van der Waals surface area contributed by atoms with Gasteiger partial charge < -0.3 is 33.3 Å². The van der Waals surface area contributed by atoms with Crippen molar-refractivity contribution in [2.24, 2.45) is 0 Å². The number of unbranched alkanes of at least 4 members (excludes halogenated alkanes) is 37. The molecule has 9 heteroatoms. The average molecular weight is 1030 g/mol. The van der Waals surface area contributed by atoms with E-state index in [0.717, 1.165) is 44.9 Å². The fourth-order valence-electron chi connectivity index (χ4n) is 9.03. The van der Waals surface area contributed by atoms with Crippen molar-refractivity contribution in [3.8, 4) is 0 Å². The van der Waals surface area contributed by atoms with Gasteiger partial charge in [-0.25, -0.2) is 0 Å². The van der Waals surface area contributed by atoms with Crippen LogP contribution in [0.3, 0.4) is 0 Å². The maximum atomic E-state index is 12.9. The maximum Gasteiger partial charge on any atom is 0.306 e. The van der Waals surface area contributed by atoms with Crippen LogP contribution in [0.1, 0.15) is 296 Å². The van der Waals surface area contributed by atoms with Crippen LogP contribution in [0.5, 0.6) is 0 Å². The van der Waals surface area contributed by atoms with Gasteiger partial charge in [0.25, 0.3) is 0 Å². The fraction of sp³-hybridized carbons (Fsp3) is 0.859. The van der Waals surface area contributed by atoms with Crippen molar-refractivity contribution in [2.75, 3.05) is 47.5 Å². The Morgan fingerprint density at radius 3 is 1.10 bits per heavy atom. The summed E-state index contributed by atoms with van der Waals surface area (Å²) >= 11 is 0. The number of allylic oxidation sites excluding steroid dienone is 6. The minimum atomic E-state index is -1.62. The maximum absolute atomic E-state index is 12.9. The van der Waals surface area contributed by atoms with Crippen molar-refractivity contribution in [1.29, 1.82) is 0 Å². The lowest BCUT2D eigenvalue weighted by atomic mass is 10.0. The number of aliphatic carboxylic acids is 1. The molecule has 9 nitrogen and oxygen atoms in total. The summed E-state index contributed by atoms with van der Waals surface area (Å²) in [7, 11) is 5.93. The van der Waals surface area contributed by atoms with Crippen LogP contribution in [0.2, 0.25) is 0 Å². The minimum absolute atomic E-state index is 0.148. The summed E-state index contributed by atoms with van der Waals surface area (Å²) in [5, 5.41) is 11.8. The van der Waals surface area contributed by atoms with Crippen LogP contribution in [0.25, 0.3) is 0 Å². The van der Waals surface area contributed by atoms with E-state index in [0.29, 0.717) is 23.9 Å². The molecule has 2 atom stereocenters. The van der Waals surface area contributed by atoms with Gasteiger partial charge in [-0.3, -0.25) is 9.59 Å². The van der Waals surface area contributed by atoms with Gasteiger partial charge in [-0.15, -0.1) is 0 Å². The summed E-state index contributed by atoms with van der Waals surface area (Å²) < 4.78 is 22.8. The highest BCUT2D eigenvalue weighted by Gasteiger charge is 2.22. The normalized spacial score (nSPS) is 12.9. The predicted octanol–water partition coefficient (Wildman–Crippen LogP) is 17.1. The molecule has 0 spiro atoms. The number of carboxylic acids is 1. The average Bonchev–Trinajstić information content (AvgIpc) is 3.36. The summed E-state index contributed by atoms with van der Waals surface area (Å²) in [6, 6.07) is 0. The van der Waals surface area contributed by atoms with E-state index < -0.39 is 24.3 Å². The van der Waals surface area contributed by atoms with Crippen molar-refractivity contribution in [3.05, 3.63) is 36.5 Å². The van der Waals surface area contributed by atoms with E-state index >= 15 is 0 Å². The Morgan fingerprint density at radius 1 is 0.411 bits per heavy atom. The molecular weight excluding hydrogens is 911 g/mol. The van der Waals surface area contributed by atoms with Crippen LogP contribution in [0, 0.1) is 0 Å². The smallest absolute Gasteiger partial charge is 0.306 e. The lowest BCUT2D eigenvalue weighted by Crippen LogP contribution is -2.44. The van der Waals surface area contributed by atoms with E-state index in [4.69, 9.17) is 18.9 Å². The van der Waals surface area contributed by atoms with E-state index in [1.807, 2.05) is 21.1 Å². The molecule has 0 fully saturated rings. The SMILES string of the molecule is CCCCCCC/C=C\C/C=C\CCCCCCCCCCCCCC(=O)OC(COC(=O)CCCCCCCCCCCCCCC/C=C\CCCCCCCCCC)COC(OCC[N+](C)(C)C)C(=O)[O-]. The molecule has 73 heavy (non-hydrogen) atoms. The number of hydrogen-bond donors (Lipinski definition) is 0. The molecule has 428 valence electrons. The molecule has 0 aliphatic rings. The monoisotopic (exact) mass is 1030 g/mol. The summed E-state index contributed by atoms with van der Waals surface area (Å²) in [5.74, 6) is -2.27. The van der Waals surface area contributed by atoms with E-state index in [2.05, 4.69) is 50.3 Å². The third kappa shape index (κ3) is 57.1. The molecule has 0 saturated carbocycles. The molecule has 0 aliphatic heterocycles. The van der Waals surface area contributed by atoms with Gasteiger partial charge >= 0.3 is 11.9 Å². The Bertz CT molecular complexity index is 1290. The fourth-order valence-corrected chi connectivity index (χ4v) is 9.03. The van der Waals surface area contributed by atoms with E-state index in [1.165, 1.54) is 218 Å². The molecule has 2 unspecified atom stereocenters. The number of carboxylic acid groups (broad SMARTS) is 1. The Morgan fingerprint density at radius 2 is 0.740 bits per heavy atom. The van der Waals surface area contributed by atoms with Gasteiger partial charge in [0.05, 0.1) is 40.3 Å². The van der Waals surface area contributed by atoms with Gasteiger partial charge in [0.15, 0.2) is 12.4 Å². The Labute approximate surface area is 451 Å². The molecule has 0 radical (unpaired) electrons. The van der Waals surface area contributed by atoms with Crippen LogP contribution >= 0.6 is 0 Å². The number of likely N-dealkylation sites (N-methyl/N-ethyl adjacent to an activating group) is 1. The number of ether oxygens (including phenoxy) is 4. The Kier molecular flexibility index (Phi) is 53.8. The van der Waals surface area contributed by atoms with Crippen molar-refractivity contribution in [3.63, 3.8) is 0 Å².